The van der Waals surface area contributed by atoms with E-state index in [0.29, 0.717) is 17.0 Å². The number of carbonyl (C=O) groups excluding carboxylic acids is 2. The molecule has 1 aliphatic rings. The summed E-state index contributed by atoms with van der Waals surface area (Å²) in [5.41, 5.74) is 0.822. The summed E-state index contributed by atoms with van der Waals surface area (Å²) in [5.74, 6) is -0.808. The monoisotopic (exact) mass is 601 g/mol. The molecule has 3 aromatic rings. The van der Waals surface area contributed by atoms with Crippen LogP contribution in [-0.2, 0) is 26.2 Å². The lowest BCUT2D eigenvalue weighted by molar-refractivity contribution is -0.140. The maximum Gasteiger partial charge on any atom is 0.264 e. The lowest BCUT2D eigenvalue weighted by Gasteiger charge is -2.34. The van der Waals surface area contributed by atoms with Gasteiger partial charge in [-0.25, -0.2) is 8.42 Å². The minimum Gasteiger partial charge on any atom is -0.352 e. The van der Waals surface area contributed by atoms with Gasteiger partial charge in [-0.2, -0.15) is 0 Å². The highest BCUT2D eigenvalue weighted by molar-refractivity contribution is 7.92. The largest absolute Gasteiger partial charge is 0.352 e. The van der Waals surface area contributed by atoms with Crippen molar-refractivity contribution in [1.29, 1.82) is 0 Å². The van der Waals surface area contributed by atoms with Gasteiger partial charge in [0, 0.05) is 17.6 Å². The standard InChI is InChI=1S/C30H33Cl2N3O4S/c1-2-27(30(37)33-23-13-7-8-14-23)34(20-22-12-6-9-17-25(22)31)29(36)21-35(28-19-11-10-18-26(28)32)40(38,39)24-15-4-3-5-16-24/h3-6,9-12,15-19,23,27H,2,7-8,13-14,20-21H2,1H3,(H,33,37)/t27-/m0/s1. The third kappa shape index (κ3) is 6.97. The number of sulfonamides is 1. The summed E-state index contributed by atoms with van der Waals surface area (Å²) in [5, 5.41) is 3.73. The number of hydrogen-bond donors (Lipinski definition) is 1. The summed E-state index contributed by atoms with van der Waals surface area (Å²) in [7, 11) is -4.18. The van der Waals surface area contributed by atoms with Gasteiger partial charge in [0.1, 0.15) is 12.6 Å². The quantitative estimate of drug-likeness (QED) is 0.289. The molecule has 1 atom stereocenters. The Morgan fingerprint density at radius 3 is 2.12 bits per heavy atom. The summed E-state index contributed by atoms with van der Waals surface area (Å²) >= 11 is 12.9. The molecule has 2 amide bonds. The van der Waals surface area contributed by atoms with E-state index < -0.39 is 28.5 Å². The second-order valence-electron chi connectivity index (χ2n) is 9.80. The molecule has 0 aromatic heterocycles. The number of benzene rings is 3. The molecular weight excluding hydrogens is 569 g/mol. The van der Waals surface area contributed by atoms with Crippen LogP contribution in [0.15, 0.2) is 83.8 Å². The van der Waals surface area contributed by atoms with Crippen LogP contribution >= 0.6 is 23.2 Å². The maximum atomic E-state index is 14.1. The maximum absolute atomic E-state index is 14.1. The van der Waals surface area contributed by atoms with E-state index in [0.717, 1.165) is 30.0 Å². The Morgan fingerprint density at radius 1 is 0.900 bits per heavy atom. The molecule has 212 valence electrons. The Bertz CT molecular complexity index is 1430. The molecule has 1 saturated carbocycles. The number of nitrogens with one attached hydrogen (secondary N) is 1. The Morgan fingerprint density at radius 2 is 1.50 bits per heavy atom. The zero-order chi connectivity index (χ0) is 28.7. The second-order valence-corrected chi connectivity index (χ2v) is 12.5. The molecule has 10 heteroatoms. The van der Waals surface area contributed by atoms with Gasteiger partial charge in [0.2, 0.25) is 11.8 Å². The van der Waals surface area contributed by atoms with Gasteiger partial charge in [0.15, 0.2) is 0 Å². The van der Waals surface area contributed by atoms with Gasteiger partial charge in [-0.05, 0) is 55.2 Å². The van der Waals surface area contributed by atoms with Crippen molar-refractivity contribution in [3.05, 3.63) is 94.5 Å². The van der Waals surface area contributed by atoms with Crippen molar-refractivity contribution in [2.45, 2.75) is 62.6 Å². The van der Waals surface area contributed by atoms with Gasteiger partial charge in [-0.1, -0.05) is 91.5 Å². The zero-order valence-corrected chi connectivity index (χ0v) is 24.6. The van der Waals surface area contributed by atoms with Crippen LogP contribution in [0.4, 0.5) is 5.69 Å². The van der Waals surface area contributed by atoms with Crippen LogP contribution in [0.5, 0.6) is 0 Å². The number of rotatable bonds is 11. The SMILES string of the molecule is CC[C@@H](C(=O)NC1CCCC1)N(Cc1ccccc1Cl)C(=O)CN(c1ccccc1Cl)S(=O)(=O)c1ccccc1. The summed E-state index contributed by atoms with van der Waals surface area (Å²) in [4.78, 5) is 29.1. The molecule has 1 N–H and O–H groups in total. The minimum absolute atomic E-state index is 0.0198. The van der Waals surface area contributed by atoms with E-state index in [1.807, 2.05) is 6.92 Å². The molecule has 1 aliphatic carbocycles. The van der Waals surface area contributed by atoms with E-state index in [1.54, 1.807) is 66.7 Å². The zero-order valence-electron chi connectivity index (χ0n) is 22.3. The Labute approximate surface area is 246 Å². The fourth-order valence-corrected chi connectivity index (χ4v) is 6.92. The fourth-order valence-electron chi connectivity index (χ4n) is 4.98. The molecule has 0 aliphatic heterocycles. The highest BCUT2D eigenvalue weighted by atomic mass is 35.5. The number of hydrogen-bond acceptors (Lipinski definition) is 4. The summed E-state index contributed by atoms with van der Waals surface area (Å²) in [6, 6.07) is 20.7. The molecular formula is C30H33Cl2N3O4S. The van der Waals surface area contributed by atoms with E-state index in [9.17, 15) is 18.0 Å². The molecule has 0 heterocycles. The van der Waals surface area contributed by atoms with Crippen LogP contribution < -0.4 is 9.62 Å². The molecule has 0 spiro atoms. The molecule has 0 saturated heterocycles. The Hall–Kier alpha value is -3.07. The van der Waals surface area contributed by atoms with Gasteiger partial charge < -0.3 is 10.2 Å². The average Bonchev–Trinajstić information content (AvgIpc) is 3.46. The van der Waals surface area contributed by atoms with Crippen LogP contribution in [0.3, 0.4) is 0 Å². The van der Waals surface area contributed by atoms with Crippen molar-refractivity contribution >= 4 is 50.7 Å². The molecule has 7 nitrogen and oxygen atoms in total. The fraction of sp³-hybridized carbons (Fsp3) is 0.333. The van der Waals surface area contributed by atoms with Crippen LogP contribution in [0, 0.1) is 0 Å². The first-order valence-corrected chi connectivity index (χ1v) is 15.6. The number of nitrogens with zero attached hydrogens (tertiary/aromatic N) is 2. The summed E-state index contributed by atoms with van der Waals surface area (Å²) in [6.45, 7) is 1.31. The Balaban J connectivity index is 1.72. The molecule has 3 aromatic carbocycles. The number of para-hydroxylation sites is 1. The summed E-state index contributed by atoms with van der Waals surface area (Å²) in [6.07, 6.45) is 4.24. The van der Waals surface area contributed by atoms with E-state index in [1.165, 1.54) is 17.0 Å². The van der Waals surface area contributed by atoms with Gasteiger partial charge in [-0.3, -0.25) is 13.9 Å². The summed E-state index contributed by atoms with van der Waals surface area (Å²) < 4.78 is 28.7. The van der Waals surface area contributed by atoms with Gasteiger partial charge >= 0.3 is 0 Å². The van der Waals surface area contributed by atoms with Crippen molar-refractivity contribution in [3.8, 4) is 0 Å². The van der Waals surface area contributed by atoms with Crippen molar-refractivity contribution in [1.82, 2.24) is 10.2 Å². The highest BCUT2D eigenvalue weighted by Crippen LogP contribution is 2.31. The van der Waals surface area contributed by atoms with Crippen molar-refractivity contribution in [2.75, 3.05) is 10.8 Å². The normalized spacial score (nSPS) is 14.5. The van der Waals surface area contributed by atoms with Gasteiger partial charge in [0.05, 0.1) is 15.6 Å². The molecule has 40 heavy (non-hydrogen) atoms. The number of carbonyl (C=O) groups is 2. The number of amides is 2. The Kier molecular flexibility index (Phi) is 10.1. The van der Waals surface area contributed by atoms with Crippen LogP contribution in [-0.4, -0.2) is 43.8 Å². The third-order valence-electron chi connectivity index (χ3n) is 7.12. The first kappa shape index (κ1) is 29.9. The van der Waals surface area contributed by atoms with Crippen LogP contribution in [0.25, 0.3) is 0 Å². The van der Waals surface area contributed by atoms with Crippen LogP contribution in [0.2, 0.25) is 10.0 Å². The topological polar surface area (TPSA) is 86.8 Å². The van der Waals surface area contributed by atoms with E-state index >= 15 is 0 Å². The number of anilines is 1. The van der Waals surface area contributed by atoms with Crippen molar-refractivity contribution in [3.63, 3.8) is 0 Å². The first-order valence-electron chi connectivity index (χ1n) is 13.4. The smallest absolute Gasteiger partial charge is 0.264 e. The lowest BCUT2D eigenvalue weighted by Crippen LogP contribution is -2.53. The molecule has 1 fully saturated rings. The molecule has 0 unspecified atom stereocenters. The predicted molar refractivity (Wildman–Crippen MR) is 159 cm³/mol. The van der Waals surface area contributed by atoms with Crippen molar-refractivity contribution in [2.24, 2.45) is 0 Å². The van der Waals surface area contributed by atoms with E-state index in [2.05, 4.69) is 5.32 Å². The van der Waals surface area contributed by atoms with Gasteiger partial charge in [0.25, 0.3) is 10.0 Å². The highest BCUT2D eigenvalue weighted by Gasteiger charge is 2.35. The third-order valence-corrected chi connectivity index (χ3v) is 9.58. The van der Waals surface area contributed by atoms with Crippen molar-refractivity contribution < 1.29 is 18.0 Å². The van der Waals surface area contributed by atoms with Gasteiger partial charge in [-0.15, -0.1) is 0 Å². The molecule has 0 radical (unpaired) electrons. The average molecular weight is 603 g/mol. The number of halogens is 2. The molecule has 4 rings (SSSR count). The van der Waals surface area contributed by atoms with E-state index in [-0.39, 0.29) is 34.1 Å². The lowest BCUT2D eigenvalue weighted by atomic mass is 10.1. The first-order chi connectivity index (χ1) is 19.2. The second kappa shape index (κ2) is 13.5. The predicted octanol–water partition coefficient (Wildman–Crippen LogP) is 6.05. The minimum atomic E-state index is -4.18. The van der Waals surface area contributed by atoms with E-state index in [4.69, 9.17) is 23.2 Å². The molecule has 0 bridgehead atoms. The van der Waals surface area contributed by atoms with Crippen LogP contribution in [0.1, 0.15) is 44.6 Å².